The summed E-state index contributed by atoms with van der Waals surface area (Å²) in [6, 6.07) is 1.81. The van der Waals surface area contributed by atoms with Gasteiger partial charge in [-0.3, -0.25) is 0 Å². The predicted molar refractivity (Wildman–Crippen MR) is 54.7 cm³/mol. The van der Waals surface area contributed by atoms with Gasteiger partial charge in [0.2, 0.25) is 0 Å². The second kappa shape index (κ2) is 3.41. The summed E-state index contributed by atoms with van der Waals surface area (Å²) < 4.78 is 37.6. The highest BCUT2D eigenvalue weighted by molar-refractivity contribution is 6.04. The zero-order valence-corrected chi connectivity index (χ0v) is 8.30. The van der Waals surface area contributed by atoms with Crippen LogP contribution in [0.25, 0.3) is 10.9 Å². The van der Waals surface area contributed by atoms with Crippen LogP contribution in [0.4, 0.5) is 18.9 Å². The van der Waals surface area contributed by atoms with Crippen LogP contribution in [0.1, 0.15) is 15.9 Å². The molecule has 1 aromatic carbocycles. The van der Waals surface area contributed by atoms with Gasteiger partial charge in [0.1, 0.15) is 0 Å². The molecule has 0 atom stereocenters. The highest BCUT2D eigenvalue weighted by atomic mass is 19.4. The summed E-state index contributed by atoms with van der Waals surface area (Å²) in [7, 11) is 0. The van der Waals surface area contributed by atoms with Crippen LogP contribution in [0.5, 0.6) is 0 Å². The van der Waals surface area contributed by atoms with Gasteiger partial charge in [0, 0.05) is 22.8 Å². The van der Waals surface area contributed by atoms with Crippen molar-refractivity contribution in [2.75, 3.05) is 5.73 Å². The second-order valence-electron chi connectivity index (χ2n) is 3.49. The first-order valence-corrected chi connectivity index (χ1v) is 4.52. The number of aromatic nitrogens is 1. The quantitative estimate of drug-likeness (QED) is 0.674. The number of anilines is 1. The minimum atomic E-state index is -4.56. The topological polar surface area (TPSA) is 79.1 Å². The Morgan fingerprint density at radius 2 is 2.00 bits per heavy atom. The van der Waals surface area contributed by atoms with Gasteiger partial charge < -0.3 is 15.8 Å². The predicted octanol–water partition coefficient (Wildman–Crippen LogP) is 2.47. The van der Waals surface area contributed by atoms with E-state index in [0.29, 0.717) is 0 Å². The first kappa shape index (κ1) is 11.3. The minimum Gasteiger partial charge on any atom is -0.478 e. The molecule has 1 heterocycles. The summed E-state index contributed by atoms with van der Waals surface area (Å²) in [5.41, 5.74) is 3.77. The largest absolute Gasteiger partial charge is 0.478 e. The van der Waals surface area contributed by atoms with Gasteiger partial charge in [0.15, 0.2) is 0 Å². The number of aromatic amines is 1. The molecule has 1 aromatic heterocycles. The van der Waals surface area contributed by atoms with Gasteiger partial charge in [0.05, 0.1) is 11.1 Å². The Kier molecular flexibility index (Phi) is 2.27. The van der Waals surface area contributed by atoms with Gasteiger partial charge in [-0.1, -0.05) is 0 Å². The smallest absolute Gasteiger partial charge is 0.418 e. The summed E-state index contributed by atoms with van der Waals surface area (Å²) in [6.45, 7) is 0. The van der Waals surface area contributed by atoms with Crippen LogP contribution in [-0.2, 0) is 6.18 Å². The molecular formula is C10H7F3N2O2. The zero-order valence-electron chi connectivity index (χ0n) is 8.30. The number of alkyl halides is 3. The van der Waals surface area contributed by atoms with Crippen molar-refractivity contribution in [3.63, 3.8) is 0 Å². The van der Waals surface area contributed by atoms with E-state index in [1.165, 1.54) is 0 Å². The number of benzene rings is 1. The number of fused-ring (bicyclic) bond motifs is 1. The van der Waals surface area contributed by atoms with Gasteiger partial charge >= 0.3 is 12.1 Å². The fourth-order valence-electron chi connectivity index (χ4n) is 1.61. The standard InChI is InChI=1S/C10H7F3N2O2/c11-10(12,13)6-2-8-4(1-7(6)14)5(3-15-8)9(16)17/h1-3,15H,14H2,(H,16,17). The number of carboxylic acids is 1. The summed E-state index contributed by atoms with van der Waals surface area (Å²) in [4.78, 5) is 13.3. The summed E-state index contributed by atoms with van der Waals surface area (Å²) in [6.07, 6.45) is -3.43. The van der Waals surface area contributed by atoms with E-state index < -0.39 is 23.4 Å². The molecule has 4 nitrogen and oxygen atoms in total. The van der Waals surface area contributed by atoms with E-state index in [4.69, 9.17) is 10.8 Å². The van der Waals surface area contributed by atoms with Crippen LogP contribution in [0.3, 0.4) is 0 Å². The lowest BCUT2D eigenvalue weighted by atomic mass is 10.1. The molecule has 0 spiro atoms. The van der Waals surface area contributed by atoms with E-state index in [-0.39, 0.29) is 16.5 Å². The lowest BCUT2D eigenvalue weighted by molar-refractivity contribution is -0.136. The number of halogens is 3. The van der Waals surface area contributed by atoms with Crippen molar-refractivity contribution >= 4 is 22.6 Å². The van der Waals surface area contributed by atoms with Crippen LogP contribution in [0, 0.1) is 0 Å². The third-order valence-corrected chi connectivity index (χ3v) is 2.39. The molecule has 2 rings (SSSR count). The Morgan fingerprint density at radius 3 is 2.53 bits per heavy atom. The first-order chi connectivity index (χ1) is 7.80. The van der Waals surface area contributed by atoms with Crippen LogP contribution in [0.2, 0.25) is 0 Å². The van der Waals surface area contributed by atoms with Gasteiger partial charge in [-0.2, -0.15) is 13.2 Å². The van der Waals surface area contributed by atoms with Crippen molar-refractivity contribution < 1.29 is 23.1 Å². The van der Waals surface area contributed by atoms with E-state index in [9.17, 15) is 18.0 Å². The van der Waals surface area contributed by atoms with Gasteiger partial charge in [-0.05, 0) is 12.1 Å². The summed E-state index contributed by atoms with van der Waals surface area (Å²) in [5, 5.41) is 8.96. The van der Waals surface area contributed by atoms with E-state index in [1.54, 1.807) is 0 Å². The number of nitrogen functional groups attached to an aromatic ring is 1. The molecule has 7 heteroatoms. The Bertz CT molecular complexity index is 601. The average Bonchev–Trinajstić information content (AvgIpc) is 2.57. The molecule has 0 radical (unpaired) electrons. The molecule has 90 valence electrons. The van der Waals surface area contributed by atoms with E-state index in [1.807, 2.05) is 0 Å². The fourth-order valence-corrected chi connectivity index (χ4v) is 1.61. The Hall–Kier alpha value is -2.18. The number of nitrogens with one attached hydrogen (secondary N) is 1. The molecule has 4 N–H and O–H groups in total. The van der Waals surface area contributed by atoms with Crippen molar-refractivity contribution in [3.8, 4) is 0 Å². The Balaban J connectivity index is 2.73. The van der Waals surface area contributed by atoms with E-state index >= 15 is 0 Å². The Morgan fingerprint density at radius 1 is 1.35 bits per heavy atom. The molecule has 0 aliphatic heterocycles. The molecule has 0 amide bonds. The van der Waals surface area contributed by atoms with Crippen molar-refractivity contribution in [2.24, 2.45) is 0 Å². The van der Waals surface area contributed by atoms with Crippen molar-refractivity contribution in [1.82, 2.24) is 4.98 Å². The molecule has 2 aromatic rings. The average molecular weight is 244 g/mol. The third-order valence-electron chi connectivity index (χ3n) is 2.39. The summed E-state index contributed by atoms with van der Waals surface area (Å²) in [5.74, 6) is -1.23. The second-order valence-corrected chi connectivity index (χ2v) is 3.49. The van der Waals surface area contributed by atoms with Crippen LogP contribution >= 0.6 is 0 Å². The highest BCUT2D eigenvalue weighted by Crippen LogP contribution is 2.36. The number of rotatable bonds is 1. The normalized spacial score (nSPS) is 11.9. The number of aromatic carboxylic acids is 1. The molecule has 0 aliphatic rings. The number of nitrogens with two attached hydrogens (primary N) is 1. The number of hydrogen-bond acceptors (Lipinski definition) is 2. The lowest BCUT2D eigenvalue weighted by Gasteiger charge is -2.09. The number of carbonyl (C=O) groups is 1. The van der Waals surface area contributed by atoms with Crippen LogP contribution < -0.4 is 5.73 Å². The van der Waals surface area contributed by atoms with Crippen molar-refractivity contribution in [2.45, 2.75) is 6.18 Å². The minimum absolute atomic E-state index is 0.0870. The molecule has 0 fully saturated rings. The Labute approximate surface area is 92.8 Å². The lowest BCUT2D eigenvalue weighted by Crippen LogP contribution is -2.08. The molecule has 0 aliphatic carbocycles. The van der Waals surface area contributed by atoms with Crippen LogP contribution in [-0.4, -0.2) is 16.1 Å². The molecule has 17 heavy (non-hydrogen) atoms. The van der Waals surface area contributed by atoms with Gasteiger partial charge in [-0.25, -0.2) is 4.79 Å². The summed E-state index contributed by atoms with van der Waals surface area (Å²) >= 11 is 0. The number of hydrogen-bond donors (Lipinski definition) is 3. The zero-order chi connectivity index (χ0) is 12.8. The van der Waals surface area contributed by atoms with E-state index in [2.05, 4.69) is 4.98 Å². The third kappa shape index (κ3) is 1.79. The van der Waals surface area contributed by atoms with Crippen LogP contribution in [0.15, 0.2) is 18.3 Å². The maximum atomic E-state index is 12.5. The molecule has 0 bridgehead atoms. The first-order valence-electron chi connectivity index (χ1n) is 4.52. The number of H-pyrrole nitrogens is 1. The molecule has 0 saturated carbocycles. The maximum absolute atomic E-state index is 12.5. The monoisotopic (exact) mass is 244 g/mol. The van der Waals surface area contributed by atoms with E-state index in [0.717, 1.165) is 18.3 Å². The van der Waals surface area contributed by atoms with Gasteiger partial charge in [0.25, 0.3) is 0 Å². The number of carboxylic acid groups (broad SMARTS) is 1. The fraction of sp³-hybridized carbons (Fsp3) is 0.100. The molecule has 0 saturated heterocycles. The van der Waals surface area contributed by atoms with Crippen molar-refractivity contribution in [3.05, 3.63) is 29.5 Å². The van der Waals surface area contributed by atoms with Crippen molar-refractivity contribution in [1.29, 1.82) is 0 Å². The molecule has 0 unspecified atom stereocenters. The maximum Gasteiger partial charge on any atom is 0.418 e. The van der Waals surface area contributed by atoms with Gasteiger partial charge in [-0.15, -0.1) is 0 Å². The molecular weight excluding hydrogens is 237 g/mol. The SMILES string of the molecule is Nc1cc2c(C(=O)O)c[nH]c2cc1C(F)(F)F. The highest BCUT2D eigenvalue weighted by Gasteiger charge is 2.33.